The molecule has 0 unspecified atom stereocenters. The maximum Gasteiger partial charge on any atom is 0.237 e. The Balaban J connectivity index is 2.36. The summed E-state index contributed by atoms with van der Waals surface area (Å²) in [6.45, 7) is 0.515. The SMILES string of the molecule is NCCc1nc(O)c(-c2ccccc2)[nH]1. The summed E-state index contributed by atoms with van der Waals surface area (Å²) in [7, 11) is 0. The molecule has 15 heavy (non-hydrogen) atoms. The summed E-state index contributed by atoms with van der Waals surface area (Å²) >= 11 is 0. The second-order valence-corrected chi connectivity index (χ2v) is 3.29. The zero-order chi connectivity index (χ0) is 10.7. The molecule has 0 saturated carbocycles. The molecule has 1 heterocycles. The molecule has 0 aliphatic carbocycles. The summed E-state index contributed by atoms with van der Waals surface area (Å²) in [5.41, 5.74) is 6.99. The average molecular weight is 203 g/mol. The Labute approximate surface area is 87.8 Å². The number of hydrogen-bond donors (Lipinski definition) is 3. The van der Waals surface area contributed by atoms with Gasteiger partial charge in [-0.05, 0) is 6.54 Å². The predicted octanol–water partition coefficient (Wildman–Crippen LogP) is 1.28. The summed E-state index contributed by atoms with van der Waals surface area (Å²) in [6.07, 6.45) is 0.639. The number of imidazole rings is 1. The van der Waals surface area contributed by atoms with Crippen LogP contribution < -0.4 is 5.73 Å². The highest BCUT2D eigenvalue weighted by molar-refractivity contribution is 5.64. The molecule has 2 rings (SSSR count). The van der Waals surface area contributed by atoms with E-state index in [1.165, 1.54) is 0 Å². The van der Waals surface area contributed by atoms with Gasteiger partial charge in [-0.1, -0.05) is 30.3 Å². The van der Waals surface area contributed by atoms with Crippen molar-refractivity contribution >= 4 is 0 Å². The van der Waals surface area contributed by atoms with Gasteiger partial charge >= 0.3 is 0 Å². The zero-order valence-corrected chi connectivity index (χ0v) is 8.27. The third-order valence-electron chi connectivity index (χ3n) is 2.18. The lowest BCUT2D eigenvalue weighted by atomic mass is 10.2. The van der Waals surface area contributed by atoms with Crippen molar-refractivity contribution in [2.45, 2.75) is 6.42 Å². The van der Waals surface area contributed by atoms with Crippen LogP contribution in [0.15, 0.2) is 30.3 Å². The molecule has 2 aromatic rings. The standard InChI is InChI=1S/C11H13N3O/c12-7-6-9-13-10(11(15)14-9)8-4-2-1-3-5-8/h1-5,15H,6-7,12H2,(H,13,14). The molecule has 0 fully saturated rings. The van der Waals surface area contributed by atoms with Crippen molar-refractivity contribution in [3.05, 3.63) is 36.2 Å². The normalized spacial score (nSPS) is 10.5. The monoisotopic (exact) mass is 203 g/mol. The Morgan fingerprint density at radius 1 is 1.27 bits per heavy atom. The Bertz CT molecular complexity index is 436. The van der Waals surface area contributed by atoms with Crippen molar-refractivity contribution in [2.24, 2.45) is 5.73 Å². The van der Waals surface area contributed by atoms with Crippen LogP contribution in [0.2, 0.25) is 0 Å². The number of hydrogen-bond acceptors (Lipinski definition) is 3. The number of benzene rings is 1. The third kappa shape index (κ3) is 1.99. The lowest BCUT2D eigenvalue weighted by Gasteiger charge is -1.96. The molecule has 0 spiro atoms. The largest absolute Gasteiger partial charge is 0.492 e. The van der Waals surface area contributed by atoms with Crippen LogP contribution in [0.1, 0.15) is 5.82 Å². The van der Waals surface area contributed by atoms with Gasteiger partial charge < -0.3 is 15.8 Å². The van der Waals surface area contributed by atoms with Crippen molar-refractivity contribution in [1.29, 1.82) is 0 Å². The fourth-order valence-electron chi connectivity index (χ4n) is 1.47. The maximum atomic E-state index is 9.63. The van der Waals surface area contributed by atoms with Crippen molar-refractivity contribution < 1.29 is 5.11 Å². The number of aromatic amines is 1. The van der Waals surface area contributed by atoms with Crippen molar-refractivity contribution in [3.8, 4) is 17.1 Å². The van der Waals surface area contributed by atoms with Crippen LogP contribution in [0, 0.1) is 0 Å². The summed E-state index contributed by atoms with van der Waals surface area (Å²) in [5, 5.41) is 9.63. The second kappa shape index (κ2) is 4.14. The van der Waals surface area contributed by atoms with E-state index in [4.69, 9.17) is 5.73 Å². The minimum atomic E-state index is 0.0321. The quantitative estimate of drug-likeness (QED) is 0.703. The summed E-state index contributed by atoms with van der Waals surface area (Å²) < 4.78 is 0. The van der Waals surface area contributed by atoms with Gasteiger partial charge in [0.15, 0.2) is 0 Å². The van der Waals surface area contributed by atoms with Crippen LogP contribution >= 0.6 is 0 Å². The lowest BCUT2D eigenvalue weighted by molar-refractivity contribution is 0.457. The van der Waals surface area contributed by atoms with E-state index in [2.05, 4.69) is 9.97 Å². The minimum Gasteiger partial charge on any atom is -0.492 e. The second-order valence-electron chi connectivity index (χ2n) is 3.29. The molecule has 4 heteroatoms. The number of rotatable bonds is 3. The molecule has 4 N–H and O–H groups in total. The molecule has 4 nitrogen and oxygen atoms in total. The first-order chi connectivity index (χ1) is 7.31. The Kier molecular flexibility index (Phi) is 2.69. The van der Waals surface area contributed by atoms with E-state index < -0.39 is 0 Å². The fourth-order valence-corrected chi connectivity index (χ4v) is 1.47. The van der Waals surface area contributed by atoms with E-state index in [0.717, 1.165) is 5.56 Å². The Hall–Kier alpha value is -1.81. The predicted molar refractivity (Wildman–Crippen MR) is 58.4 cm³/mol. The average Bonchev–Trinajstić information content (AvgIpc) is 2.61. The van der Waals surface area contributed by atoms with Crippen LogP contribution in [0.5, 0.6) is 5.88 Å². The number of aromatic hydroxyl groups is 1. The van der Waals surface area contributed by atoms with Gasteiger partial charge in [-0.2, -0.15) is 4.98 Å². The van der Waals surface area contributed by atoms with E-state index in [1.54, 1.807) is 0 Å². The molecule has 0 bridgehead atoms. The van der Waals surface area contributed by atoms with Crippen LogP contribution in [0.4, 0.5) is 0 Å². The smallest absolute Gasteiger partial charge is 0.237 e. The van der Waals surface area contributed by atoms with Crippen molar-refractivity contribution in [3.63, 3.8) is 0 Å². The van der Waals surface area contributed by atoms with Crippen LogP contribution in [-0.4, -0.2) is 21.6 Å². The number of aromatic nitrogens is 2. The first-order valence-electron chi connectivity index (χ1n) is 4.84. The van der Waals surface area contributed by atoms with Gasteiger partial charge in [0.05, 0.1) is 0 Å². The molecule has 1 aromatic carbocycles. The highest BCUT2D eigenvalue weighted by atomic mass is 16.3. The molecule has 0 saturated heterocycles. The van der Waals surface area contributed by atoms with Gasteiger partial charge in [-0.25, -0.2) is 0 Å². The Morgan fingerprint density at radius 2 is 2.00 bits per heavy atom. The number of nitrogens with zero attached hydrogens (tertiary/aromatic N) is 1. The molecule has 0 amide bonds. The van der Waals surface area contributed by atoms with Gasteiger partial charge in [0, 0.05) is 12.0 Å². The van der Waals surface area contributed by atoms with E-state index in [1.807, 2.05) is 30.3 Å². The van der Waals surface area contributed by atoms with Crippen LogP contribution in [-0.2, 0) is 6.42 Å². The molecular weight excluding hydrogens is 190 g/mol. The summed E-state index contributed by atoms with van der Waals surface area (Å²) in [6, 6.07) is 9.59. The molecular formula is C11H13N3O. The number of H-pyrrole nitrogens is 1. The van der Waals surface area contributed by atoms with E-state index in [-0.39, 0.29) is 5.88 Å². The summed E-state index contributed by atoms with van der Waals surface area (Å²) in [4.78, 5) is 7.05. The number of nitrogens with one attached hydrogen (secondary N) is 1. The highest BCUT2D eigenvalue weighted by Crippen LogP contribution is 2.25. The van der Waals surface area contributed by atoms with Crippen molar-refractivity contribution in [1.82, 2.24) is 9.97 Å². The van der Waals surface area contributed by atoms with E-state index in [0.29, 0.717) is 24.5 Å². The zero-order valence-electron chi connectivity index (χ0n) is 8.27. The van der Waals surface area contributed by atoms with Gasteiger partial charge in [0.25, 0.3) is 0 Å². The third-order valence-corrected chi connectivity index (χ3v) is 2.18. The molecule has 78 valence electrons. The number of nitrogens with two attached hydrogens (primary N) is 1. The molecule has 0 atom stereocenters. The van der Waals surface area contributed by atoms with E-state index >= 15 is 0 Å². The fraction of sp³-hybridized carbons (Fsp3) is 0.182. The Morgan fingerprint density at radius 3 is 2.67 bits per heavy atom. The van der Waals surface area contributed by atoms with Crippen molar-refractivity contribution in [2.75, 3.05) is 6.54 Å². The van der Waals surface area contributed by atoms with E-state index in [9.17, 15) is 5.11 Å². The summed E-state index contributed by atoms with van der Waals surface area (Å²) in [5.74, 6) is 0.749. The van der Waals surface area contributed by atoms with Gasteiger partial charge in [-0.3, -0.25) is 0 Å². The van der Waals surface area contributed by atoms with Gasteiger partial charge in [-0.15, -0.1) is 0 Å². The highest BCUT2D eigenvalue weighted by Gasteiger charge is 2.09. The van der Waals surface area contributed by atoms with Gasteiger partial charge in [0.1, 0.15) is 11.5 Å². The van der Waals surface area contributed by atoms with Crippen LogP contribution in [0.25, 0.3) is 11.3 Å². The molecule has 1 aromatic heterocycles. The lowest BCUT2D eigenvalue weighted by Crippen LogP contribution is -2.03. The molecule has 0 aliphatic rings. The first-order valence-corrected chi connectivity index (χ1v) is 4.84. The molecule has 0 aliphatic heterocycles. The van der Waals surface area contributed by atoms with Gasteiger partial charge in [0.2, 0.25) is 5.88 Å². The van der Waals surface area contributed by atoms with Crippen LogP contribution in [0.3, 0.4) is 0 Å². The minimum absolute atomic E-state index is 0.0321. The maximum absolute atomic E-state index is 9.63. The first kappa shape index (κ1) is 9.73. The molecule has 0 radical (unpaired) electrons. The topological polar surface area (TPSA) is 74.9 Å².